The molecule has 1 aromatic rings. The van der Waals surface area contributed by atoms with Gasteiger partial charge < -0.3 is 14.8 Å². The Kier molecular flexibility index (Phi) is 4.58. The predicted molar refractivity (Wildman–Crippen MR) is 69.6 cm³/mol. The van der Waals surface area contributed by atoms with Gasteiger partial charge in [0.2, 0.25) is 0 Å². The van der Waals surface area contributed by atoms with Gasteiger partial charge in [0.15, 0.2) is 5.78 Å². The Bertz CT molecular complexity index is 430. The minimum atomic E-state index is 0.0629. The Hall–Kier alpha value is -1.10. The van der Waals surface area contributed by atoms with E-state index in [0.717, 1.165) is 6.54 Å². The van der Waals surface area contributed by atoms with Crippen LogP contribution in [0, 0.1) is 0 Å². The second-order valence-corrected chi connectivity index (χ2v) is 4.61. The molecule has 0 amide bonds. The van der Waals surface area contributed by atoms with Crippen LogP contribution >= 0.6 is 11.6 Å². The van der Waals surface area contributed by atoms with Crippen molar-refractivity contribution in [2.75, 3.05) is 26.9 Å². The third kappa shape index (κ3) is 3.22. The first-order chi connectivity index (χ1) is 8.70. The molecule has 98 valence electrons. The number of benzene rings is 1. The molecule has 1 aliphatic rings. The van der Waals surface area contributed by atoms with E-state index in [1.54, 1.807) is 18.2 Å². The molecular formula is C13H16ClNO3. The number of ketones is 1. The second-order valence-electron chi connectivity index (χ2n) is 4.20. The smallest absolute Gasteiger partial charge is 0.164 e. The number of carbonyl (C=O) groups excluding carboxylic acids is 1. The maximum Gasteiger partial charge on any atom is 0.164 e. The zero-order chi connectivity index (χ0) is 13.0. The topological polar surface area (TPSA) is 47.6 Å². The second kappa shape index (κ2) is 6.18. The molecule has 1 heterocycles. The predicted octanol–water partition coefficient (Wildman–Crippen LogP) is 1.91. The van der Waals surface area contributed by atoms with Crippen molar-refractivity contribution < 1.29 is 14.3 Å². The Balaban J connectivity index is 2.03. The molecule has 2 rings (SSSR count). The third-order valence-electron chi connectivity index (χ3n) is 2.90. The van der Waals surface area contributed by atoms with Gasteiger partial charge in [0.1, 0.15) is 5.75 Å². The molecule has 4 nitrogen and oxygen atoms in total. The van der Waals surface area contributed by atoms with Gasteiger partial charge in [0.05, 0.1) is 25.3 Å². The molecule has 1 N–H and O–H groups in total. The Morgan fingerprint density at radius 1 is 1.61 bits per heavy atom. The summed E-state index contributed by atoms with van der Waals surface area (Å²) in [6.45, 7) is 2.08. The van der Waals surface area contributed by atoms with Crippen molar-refractivity contribution in [3.05, 3.63) is 28.8 Å². The molecule has 5 heteroatoms. The quantitative estimate of drug-likeness (QED) is 0.849. The lowest BCUT2D eigenvalue weighted by Crippen LogP contribution is -2.42. The van der Waals surface area contributed by atoms with E-state index >= 15 is 0 Å². The van der Waals surface area contributed by atoms with Gasteiger partial charge in [-0.25, -0.2) is 0 Å². The summed E-state index contributed by atoms with van der Waals surface area (Å²) in [4.78, 5) is 12.1. The Labute approximate surface area is 111 Å². The normalized spacial score (nSPS) is 19.6. The molecule has 0 bridgehead atoms. The van der Waals surface area contributed by atoms with Gasteiger partial charge in [-0.3, -0.25) is 4.79 Å². The van der Waals surface area contributed by atoms with Crippen molar-refractivity contribution in [1.82, 2.24) is 5.32 Å². The highest BCUT2D eigenvalue weighted by molar-refractivity contribution is 6.32. The summed E-state index contributed by atoms with van der Waals surface area (Å²) in [7, 11) is 1.53. The van der Waals surface area contributed by atoms with E-state index < -0.39 is 0 Å². The Morgan fingerprint density at radius 3 is 3.11 bits per heavy atom. The van der Waals surface area contributed by atoms with Gasteiger partial charge in [-0.15, -0.1) is 0 Å². The molecule has 0 aromatic heterocycles. The number of Topliss-reactive ketones (excluding diaryl/α,β-unsaturated/α-hetero) is 1. The van der Waals surface area contributed by atoms with E-state index in [0.29, 0.717) is 36.0 Å². The molecule has 1 aliphatic heterocycles. The van der Waals surface area contributed by atoms with Gasteiger partial charge in [0, 0.05) is 24.6 Å². The monoisotopic (exact) mass is 269 g/mol. The van der Waals surface area contributed by atoms with Crippen molar-refractivity contribution in [1.29, 1.82) is 0 Å². The first-order valence-electron chi connectivity index (χ1n) is 5.88. The van der Waals surface area contributed by atoms with Crippen molar-refractivity contribution in [3.8, 4) is 5.75 Å². The standard InChI is InChI=1S/C13H16ClNO3/c1-17-13-6-9(2-3-11(13)14)12(16)7-10-8-18-5-4-15-10/h2-3,6,10,15H,4-5,7-8H2,1H3. The van der Waals surface area contributed by atoms with E-state index in [1.807, 2.05) is 0 Å². The molecule has 1 unspecified atom stereocenters. The van der Waals surface area contributed by atoms with Gasteiger partial charge in [-0.05, 0) is 18.2 Å². The minimum absolute atomic E-state index is 0.0629. The van der Waals surface area contributed by atoms with Gasteiger partial charge in [-0.1, -0.05) is 11.6 Å². The lowest BCUT2D eigenvalue weighted by Gasteiger charge is -2.23. The van der Waals surface area contributed by atoms with Gasteiger partial charge in [-0.2, -0.15) is 0 Å². The fourth-order valence-electron chi connectivity index (χ4n) is 1.93. The van der Waals surface area contributed by atoms with Crippen LogP contribution in [0.25, 0.3) is 0 Å². The van der Waals surface area contributed by atoms with Crippen molar-refractivity contribution >= 4 is 17.4 Å². The first kappa shape index (κ1) is 13.3. The molecule has 0 aliphatic carbocycles. The number of carbonyl (C=O) groups is 1. The average molecular weight is 270 g/mol. The maximum absolute atomic E-state index is 12.1. The summed E-state index contributed by atoms with van der Waals surface area (Å²) in [5, 5.41) is 3.76. The molecule has 18 heavy (non-hydrogen) atoms. The summed E-state index contributed by atoms with van der Waals surface area (Å²) in [5.74, 6) is 0.586. The number of hydrogen-bond donors (Lipinski definition) is 1. The largest absolute Gasteiger partial charge is 0.495 e. The molecular weight excluding hydrogens is 254 g/mol. The average Bonchev–Trinajstić information content (AvgIpc) is 2.40. The van der Waals surface area contributed by atoms with E-state index in [1.165, 1.54) is 7.11 Å². The number of morpholine rings is 1. The fraction of sp³-hybridized carbons (Fsp3) is 0.462. The van der Waals surface area contributed by atoms with Crippen LogP contribution in [0.4, 0.5) is 0 Å². The highest BCUT2D eigenvalue weighted by Crippen LogP contribution is 2.25. The van der Waals surface area contributed by atoms with Crippen LogP contribution in [0.15, 0.2) is 18.2 Å². The molecule has 1 saturated heterocycles. The summed E-state index contributed by atoms with van der Waals surface area (Å²) >= 11 is 5.92. The molecule has 0 saturated carbocycles. The van der Waals surface area contributed by atoms with Gasteiger partial charge >= 0.3 is 0 Å². The van der Waals surface area contributed by atoms with Crippen LogP contribution in [-0.2, 0) is 4.74 Å². The van der Waals surface area contributed by atoms with Crippen LogP contribution in [0.5, 0.6) is 5.75 Å². The molecule has 0 radical (unpaired) electrons. The molecule has 1 fully saturated rings. The summed E-state index contributed by atoms with van der Waals surface area (Å²) < 4.78 is 10.4. The number of hydrogen-bond acceptors (Lipinski definition) is 4. The SMILES string of the molecule is COc1cc(C(=O)CC2COCCN2)ccc1Cl. The number of methoxy groups -OCH3 is 1. The summed E-state index contributed by atoms with van der Waals surface area (Å²) in [6.07, 6.45) is 0.421. The van der Waals surface area contributed by atoms with Crippen LogP contribution in [0.2, 0.25) is 5.02 Å². The van der Waals surface area contributed by atoms with Crippen molar-refractivity contribution in [2.45, 2.75) is 12.5 Å². The van der Waals surface area contributed by atoms with Crippen LogP contribution in [0.3, 0.4) is 0 Å². The number of ether oxygens (including phenoxy) is 2. The third-order valence-corrected chi connectivity index (χ3v) is 3.22. The molecule has 1 atom stereocenters. The van der Waals surface area contributed by atoms with Gasteiger partial charge in [0.25, 0.3) is 0 Å². The summed E-state index contributed by atoms with van der Waals surface area (Å²) in [5.41, 5.74) is 0.614. The lowest BCUT2D eigenvalue weighted by molar-refractivity contribution is 0.0676. The van der Waals surface area contributed by atoms with Crippen LogP contribution in [0.1, 0.15) is 16.8 Å². The minimum Gasteiger partial charge on any atom is -0.495 e. The number of halogens is 1. The molecule has 0 spiro atoms. The highest BCUT2D eigenvalue weighted by Gasteiger charge is 2.18. The number of rotatable bonds is 4. The van der Waals surface area contributed by atoms with E-state index in [9.17, 15) is 4.79 Å². The van der Waals surface area contributed by atoms with Crippen LogP contribution < -0.4 is 10.1 Å². The van der Waals surface area contributed by atoms with Crippen molar-refractivity contribution in [3.63, 3.8) is 0 Å². The van der Waals surface area contributed by atoms with E-state index in [2.05, 4.69) is 5.32 Å². The zero-order valence-electron chi connectivity index (χ0n) is 10.2. The fourth-order valence-corrected chi connectivity index (χ4v) is 2.12. The first-order valence-corrected chi connectivity index (χ1v) is 6.26. The zero-order valence-corrected chi connectivity index (χ0v) is 11.0. The number of nitrogens with one attached hydrogen (secondary N) is 1. The summed E-state index contributed by atoms with van der Waals surface area (Å²) in [6, 6.07) is 5.16. The highest BCUT2D eigenvalue weighted by atomic mass is 35.5. The Morgan fingerprint density at radius 2 is 2.44 bits per heavy atom. The van der Waals surface area contributed by atoms with E-state index in [-0.39, 0.29) is 11.8 Å². The lowest BCUT2D eigenvalue weighted by atomic mass is 10.0. The maximum atomic E-state index is 12.1. The van der Waals surface area contributed by atoms with E-state index in [4.69, 9.17) is 21.1 Å². The van der Waals surface area contributed by atoms with Crippen LogP contribution in [-0.4, -0.2) is 38.7 Å². The molecule has 1 aromatic carbocycles. The van der Waals surface area contributed by atoms with Crippen molar-refractivity contribution in [2.24, 2.45) is 0 Å².